The predicted molar refractivity (Wildman–Crippen MR) is 93.5 cm³/mol. The molecule has 0 bridgehead atoms. The van der Waals surface area contributed by atoms with Crippen LogP contribution in [0.3, 0.4) is 0 Å². The maximum atomic E-state index is 8.95. The molecule has 4 heteroatoms. The lowest BCUT2D eigenvalue weighted by Crippen LogP contribution is -2.33. The Morgan fingerprint density at radius 3 is 2.42 bits per heavy atom. The highest BCUT2D eigenvalue weighted by Crippen LogP contribution is 2.38. The zero-order valence-electron chi connectivity index (χ0n) is 14.4. The Labute approximate surface area is 143 Å². The van der Waals surface area contributed by atoms with E-state index in [9.17, 15) is 0 Å². The van der Waals surface area contributed by atoms with E-state index in [0.717, 1.165) is 30.9 Å². The van der Waals surface area contributed by atoms with E-state index in [0.29, 0.717) is 11.6 Å². The van der Waals surface area contributed by atoms with Crippen LogP contribution in [-0.4, -0.2) is 32.7 Å². The minimum Gasteiger partial charge on any atom is -0.493 e. The smallest absolute Gasteiger partial charge is 0.161 e. The first-order valence-corrected chi connectivity index (χ1v) is 8.10. The molecule has 1 unspecified atom stereocenters. The second-order valence-electron chi connectivity index (χ2n) is 6.17. The van der Waals surface area contributed by atoms with E-state index in [1.54, 1.807) is 14.2 Å². The minimum atomic E-state index is 0.293. The predicted octanol–water partition coefficient (Wildman–Crippen LogP) is 3.35. The lowest BCUT2D eigenvalue weighted by Gasteiger charge is -2.35. The van der Waals surface area contributed by atoms with Gasteiger partial charge in [0.15, 0.2) is 11.5 Å². The summed E-state index contributed by atoms with van der Waals surface area (Å²) in [5, 5.41) is 8.95. The Hall–Kier alpha value is -2.51. The van der Waals surface area contributed by atoms with Crippen LogP contribution in [0.5, 0.6) is 11.5 Å². The fourth-order valence-corrected chi connectivity index (χ4v) is 3.36. The first-order chi connectivity index (χ1) is 11.7. The number of likely N-dealkylation sites (N-methyl/N-ethyl adjacent to an activating group) is 1. The average Bonchev–Trinajstić information content (AvgIpc) is 2.63. The summed E-state index contributed by atoms with van der Waals surface area (Å²) in [6, 6.07) is 14.5. The number of rotatable bonds is 4. The van der Waals surface area contributed by atoms with Gasteiger partial charge in [0, 0.05) is 12.6 Å². The number of benzene rings is 2. The van der Waals surface area contributed by atoms with Crippen molar-refractivity contribution < 1.29 is 9.47 Å². The molecule has 0 N–H and O–H groups in total. The fraction of sp³-hybridized carbons (Fsp3) is 0.350. The van der Waals surface area contributed by atoms with Crippen molar-refractivity contribution in [3.8, 4) is 17.6 Å². The Kier molecular flexibility index (Phi) is 4.73. The van der Waals surface area contributed by atoms with Crippen LogP contribution in [-0.2, 0) is 12.8 Å². The largest absolute Gasteiger partial charge is 0.493 e. The van der Waals surface area contributed by atoms with Gasteiger partial charge in [0.1, 0.15) is 0 Å². The fourth-order valence-electron chi connectivity index (χ4n) is 3.36. The molecule has 1 aliphatic heterocycles. The number of fused-ring (bicyclic) bond motifs is 1. The molecule has 0 aromatic heterocycles. The van der Waals surface area contributed by atoms with E-state index < -0.39 is 0 Å². The highest BCUT2D eigenvalue weighted by molar-refractivity contribution is 5.50. The number of methoxy groups -OCH3 is 2. The third-order valence-corrected chi connectivity index (χ3v) is 4.78. The van der Waals surface area contributed by atoms with Crippen LogP contribution >= 0.6 is 0 Å². The molecule has 24 heavy (non-hydrogen) atoms. The number of hydrogen-bond acceptors (Lipinski definition) is 4. The summed E-state index contributed by atoms with van der Waals surface area (Å²) in [4.78, 5) is 2.38. The monoisotopic (exact) mass is 322 g/mol. The van der Waals surface area contributed by atoms with Gasteiger partial charge >= 0.3 is 0 Å². The second kappa shape index (κ2) is 6.94. The molecule has 1 atom stereocenters. The quantitative estimate of drug-likeness (QED) is 0.866. The van der Waals surface area contributed by atoms with Gasteiger partial charge in [-0.3, -0.25) is 4.90 Å². The van der Waals surface area contributed by atoms with Crippen LogP contribution in [0.25, 0.3) is 0 Å². The summed E-state index contributed by atoms with van der Waals surface area (Å²) < 4.78 is 10.9. The summed E-state index contributed by atoms with van der Waals surface area (Å²) in [6.45, 7) is 1.02. The molecule has 4 nitrogen and oxygen atoms in total. The van der Waals surface area contributed by atoms with E-state index in [1.165, 1.54) is 16.7 Å². The van der Waals surface area contributed by atoms with Crippen molar-refractivity contribution in [3.63, 3.8) is 0 Å². The third-order valence-electron chi connectivity index (χ3n) is 4.78. The van der Waals surface area contributed by atoms with Crippen molar-refractivity contribution in [2.24, 2.45) is 0 Å². The number of nitriles is 1. The molecule has 124 valence electrons. The standard InChI is InChI=1S/C20H22N2O2/c1-22-9-8-16-11-19(23-2)20(24-3)12-17(16)18(22)10-14-4-6-15(13-21)7-5-14/h4-7,11-12,18H,8-10H2,1-3H3. The molecular weight excluding hydrogens is 300 g/mol. The summed E-state index contributed by atoms with van der Waals surface area (Å²) in [5.41, 5.74) is 4.55. The molecular formula is C20H22N2O2. The van der Waals surface area contributed by atoms with Crippen LogP contribution in [0.15, 0.2) is 36.4 Å². The molecule has 0 amide bonds. The van der Waals surface area contributed by atoms with Crippen LogP contribution in [0.2, 0.25) is 0 Å². The van der Waals surface area contributed by atoms with E-state index in [-0.39, 0.29) is 0 Å². The topological polar surface area (TPSA) is 45.5 Å². The van der Waals surface area contributed by atoms with Gasteiger partial charge in [-0.25, -0.2) is 0 Å². The summed E-state index contributed by atoms with van der Waals surface area (Å²) in [6.07, 6.45) is 1.92. The second-order valence-corrected chi connectivity index (χ2v) is 6.17. The van der Waals surface area contributed by atoms with E-state index in [4.69, 9.17) is 14.7 Å². The van der Waals surface area contributed by atoms with Gasteiger partial charge in [0.05, 0.1) is 25.9 Å². The molecule has 3 rings (SSSR count). The Morgan fingerprint density at radius 1 is 1.12 bits per heavy atom. The molecule has 2 aromatic rings. The van der Waals surface area contributed by atoms with Gasteiger partial charge in [0.2, 0.25) is 0 Å². The number of nitrogens with zero attached hydrogens (tertiary/aromatic N) is 2. The molecule has 0 fully saturated rings. The minimum absolute atomic E-state index is 0.293. The van der Waals surface area contributed by atoms with Crippen LogP contribution in [0.1, 0.15) is 28.3 Å². The molecule has 0 saturated carbocycles. The van der Waals surface area contributed by atoms with Crippen molar-refractivity contribution in [1.82, 2.24) is 4.90 Å². The lowest BCUT2D eigenvalue weighted by molar-refractivity contribution is 0.228. The van der Waals surface area contributed by atoms with Gasteiger partial charge in [-0.15, -0.1) is 0 Å². The highest BCUT2D eigenvalue weighted by atomic mass is 16.5. The summed E-state index contributed by atoms with van der Waals surface area (Å²) in [5.74, 6) is 1.56. The molecule has 1 heterocycles. The van der Waals surface area contributed by atoms with E-state index in [1.807, 2.05) is 24.3 Å². The van der Waals surface area contributed by atoms with Crippen LogP contribution in [0.4, 0.5) is 0 Å². The van der Waals surface area contributed by atoms with Crippen molar-refractivity contribution in [3.05, 3.63) is 58.7 Å². The van der Waals surface area contributed by atoms with Gasteiger partial charge in [-0.05, 0) is 60.8 Å². The molecule has 0 spiro atoms. The average molecular weight is 322 g/mol. The zero-order chi connectivity index (χ0) is 17.1. The lowest BCUT2D eigenvalue weighted by atomic mass is 9.88. The molecule has 1 aliphatic rings. The molecule has 0 saturated heterocycles. The SMILES string of the molecule is COc1cc2c(cc1OC)C(Cc1ccc(C#N)cc1)N(C)CC2. The number of hydrogen-bond donors (Lipinski definition) is 0. The Balaban J connectivity index is 1.95. The van der Waals surface area contributed by atoms with E-state index >= 15 is 0 Å². The van der Waals surface area contributed by atoms with Crippen molar-refractivity contribution >= 4 is 0 Å². The maximum Gasteiger partial charge on any atom is 0.161 e. The van der Waals surface area contributed by atoms with Gasteiger partial charge in [-0.2, -0.15) is 5.26 Å². The third kappa shape index (κ3) is 3.08. The number of ether oxygens (including phenoxy) is 2. The highest BCUT2D eigenvalue weighted by Gasteiger charge is 2.27. The van der Waals surface area contributed by atoms with Gasteiger partial charge < -0.3 is 9.47 Å². The maximum absolute atomic E-state index is 8.95. The van der Waals surface area contributed by atoms with Crippen molar-refractivity contribution in [1.29, 1.82) is 5.26 Å². The Bertz CT molecular complexity index is 762. The first kappa shape index (κ1) is 16.4. The molecule has 0 radical (unpaired) electrons. The summed E-state index contributed by atoms with van der Waals surface area (Å²) >= 11 is 0. The van der Waals surface area contributed by atoms with Gasteiger partial charge in [0.25, 0.3) is 0 Å². The molecule has 0 aliphatic carbocycles. The Morgan fingerprint density at radius 2 is 1.79 bits per heavy atom. The van der Waals surface area contributed by atoms with Crippen LogP contribution in [0, 0.1) is 11.3 Å². The first-order valence-electron chi connectivity index (χ1n) is 8.10. The van der Waals surface area contributed by atoms with Crippen molar-refractivity contribution in [2.45, 2.75) is 18.9 Å². The van der Waals surface area contributed by atoms with Crippen LogP contribution < -0.4 is 9.47 Å². The van der Waals surface area contributed by atoms with E-state index in [2.05, 4.69) is 30.1 Å². The van der Waals surface area contributed by atoms with Gasteiger partial charge in [-0.1, -0.05) is 12.1 Å². The normalized spacial score (nSPS) is 17.0. The molecule has 2 aromatic carbocycles. The summed E-state index contributed by atoms with van der Waals surface area (Å²) in [7, 11) is 5.51. The van der Waals surface area contributed by atoms with Crippen molar-refractivity contribution in [2.75, 3.05) is 27.8 Å². The zero-order valence-corrected chi connectivity index (χ0v) is 14.4.